The normalized spacial score (nSPS) is 14.2. The molecule has 7 heteroatoms. The van der Waals surface area contributed by atoms with Gasteiger partial charge in [0.2, 0.25) is 0 Å². The Bertz CT molecular complexity index is 1150. The number of hydrogen-bond donors (Lipinski definition) is 1. The van der Waals surface area contributed by atoms with Crippen molar-refractivity contribution in [2.45, 2.75) is 61.3 Å². The van der Waals surface area contributed by atoms with Crippen LogP contribution in [0.15, 0.2) is 28.7 Å². The highest BCUT2D eigenvalue weighted by molar-refractivity contribution is 6.35. The molecule has 0 aliphatic carbocycles. The van der Waals surface area contributed by atoms with Gasteiger partial charge < -0.3 is 4.90 Å². The Kier molecular flexibility index (Phi) is 7.30. The van der Waals surface area contributed by atoms with E-state index in [0.717, 1.165) is 23.2 Å². The summed E-state index contributed by atoms with van der Waals surface area (Å²) in [6.07, 6.45) is 1.40. The number of rotatable bonds is 9. The van der Waals surface area contributed by atoms with E-state index in [2.05, 4.69) is 5.10 Å². The van der Waals surface area contributed by atoms with Crippen molar-refractivity contribution in [2.75, 3.05) is 19.6 Å². The van der Waals surface area contributed by atoms with Crippen LogP contribution in [0.4, 0.5) is 0 Å². The predicted octanol–water partition coefficient (Wildman–Crippen LogP) is 3.81. The first kappa shape index (κ1) is 24.6. The maximum absolute atomic E-state index is 13.8. The van der Waals surface area contributed by atoms with Gasteiger partial charge in [0.25, 0.3) is 17.4 Å². The van der Waals surface area contributed by atoms with Gasteiger partial charge in [-0.15, -0.1) is 0 Å². The topological polar surface area (TPSA) is 78.4 Å². The average molecular weight is 453 g/mol. The lowest BCUT2D eigenvalue weighted by Crippen LogP contribution is -2.37. The Labute approximate surface area is 196 Å². The molecule has 0 radical (unpaired) electrons. The van der Waals surface area contributed by atoms with Crippen molar-refractivity contribution in [3.63, 3.8) is 0 Å². The summed E-state index contributed by atoms with van der Waals surface area (Å²) in [5.41, 5.74) is 4.11. The Morgan fingerprint density at radius 2 is 1.67 bits per heavy atom. The second-order valence-electron chi connectivity index (χ2n) is 9.16. The second-order valence-corrected chi connectivity index (χ2v) is 9.16. The molecule has 0 spiro atoms. The van der Waals surface area contributed by atoms with Crippen LogP contribution in [0.1, 0.15) is 63.4 Å². The first-order valence-electron chi connectivity index (χ1n) is 11.9. The Morgan fingerprint density at radius 3 is 2.21 bits per heavy atom. The van der Waals surface area contributed by atoms with Gasteiger partial charge in [-0.2, -0.15) is 0 Å². The molecule has 2 amide bonds. The molecule has 33 heavy (non-hydrogen) atoms. The lowest BCUT2D eigenvalue weighted by atomic mass is 10.0. The highest BCUT2D eigenvalue weighted by Crippen LogP contribution is 2.33. The number of likely N-dealkylation sites (N-methyl/N-ethyl adjacent to an activating group) is 1. The summed E-state index contributed by atoms with van der Waals surface area (Å²) < 4.78 is 1.52. The lowest BCUT2D eigenvalue weighted by molar-refractivity contribution is -0.138. The minimum atomic E-state index is -0.378. The number of nitrogens with one attached hydrogen (secondary N) is 1. The zero-order valence-corrected chi connectivity index (χ0v) is 20.9. The fourth-order valence-corrected chi connectivity index (χ4v) is 4.55. The minimum absolute atomic E-state index is 0.128. The molecule has 1 aliphatic heterocycles. The largest absolute Gasteiger partial charge is 0.367 e. The monoisotopic (exact) mass is 452 g/mol. The summed E-state index contributed by atoms with van der Waals surface area (Å²) in [6, 6.07) is 5.90. The van der Waals surface area contributed by atoms with E-state index in [1.807, 2.05) is 71.6 Å². The molecule has 0 atom stereocenters. The third-order valence-corrected chi connectivity index (χ3v) is 6.08. The van der Waals surface area contributed by atoms with E-state index in [9.17, 15) is 14.4 Å². The molecule has 0 bridgehead atoms. The van der Waals surface area contributed by atoms with Gasteiger partial charge in [-0.3, -0.25) is 24.4 Å². The Morgan fingerprint density at radius 1 is 1.00 bits per heavy atom. The van der Waals surface area contributed by atoms with Crippen LogP contribution < -0.4 is 5.56 Å². The summed E-state index contributed by atoms with van der Waals surface area (Å²) in [5, 5.41) is 3.26. The summed E-state index contributed by atoms with van der Waals surface area (Å²) in [6.45, 7) is 15.3. The molecule has 0 unspecified atom stereocenters. The second kappa shape index (κ2) is 9.81. The molecule has 1 N–H and O–H groups in total. The van der Waals surface area contributed by atoms with Gasteiger partial charge in [0.15, 0.2) is 0 Å². The average Bonchev–Trinajstić information content (AvgIpc) is 3.18. The number of aryl methyl sites for hydroxylation is 3. The van der Waals surface area contributed by atoms with Crippen molar-refractivity contribution in [3.05, 3.63) is 56.6 Å². The number of H-pyrrole nitrogens is 1. The van der Waals surface area contributed by atoms with Crippen molar-refractivity contribution in [1.82, 2.24) is 19.6 Å². The fraction of sp³-hybridized carbons (Fsp3) is 0.500. The molecule has 7 nitrogen and oxygen atoms in total. The maximum Gasteiger partial charge on any atom is 0.279 e. The quantitative estimate of drug-likeness (QED) is 0.587. The Hall–Kier alpha value is -3.09. The van der Waals surface area contributed by atoms with Crippen LogP contribution >= 0.6 is 0 Å². The molecule has 2 aromatic rings. The van der Waals surface area contributed by atoms with E-state index < -0.39 is 0 Å². The van der Waals surface area contributed by atoms with E-state index in [-0.39, 0.29) is 28.9 Å². The van der Waals surface area contributed by atoms with Gasteiger partial charge in [0.05, 0.1) is 16.8 Å². The fourth-order valence-electron chi connectivity index (χ4n) is 4.55. The Balaban J connectivity index is 2.31. The SMILES string of the molecule is CCCc1[nH]n(-c2ccc(C)cc2C)c(=O)c1C1=C(N(CC)CC)C(=O)N(CC(C)C)C1=O. The van der Waals surface area contributed by atoms with Gasteiger partial charge in [-0.1, -0.05) is 44.9 Å². The number of carbonyl (C=O) groups is 2. The first-order chi connectivity index (χ1) is 15.7. The molecule has 3 rings (SSSR count). The third kappa shape index (κ3) is 4.41. The van der Waals surface area contributed by atoms with Crippen molar-refractivity contribution in [2.24, 2.45) is 5.92 Å². The summed E-state index contributed by atoms with van der Waals surface area (Å²) in [4.78, 5) is 44.1. The van der Waals surface area contributed by atoms with Crippen LogP contribution in [-0.2, 0) is 16.0 Å². The molecule has 2 heterocycles. The summed E-state index contributed by atoms with van der Waals surface area (Å²) >= 11 is 0. The van der Waals surface area contributed by atoms with E-state index in [4.69, 9.17) is 0 Å². The van der Waals surface area contributed by atoms with Crippen LogP contribution in [0.2, 0.25) is 0 Å². The smallest absolute Gasteiger partial charge is 0.279 e. The highest BCUT2D eigenvalue weighted by atomic mass is 16.2. The molecule has 0 fully saturated rings. The van der Waals surface area contributed by atoms with Gasteiger partial charge in [-0.25, -0.2) is 4.68 Å². The van der Waals surface area contributed by atoms with Crippen LogP contribution in [0, 0.1) is 19.8 Å². The van der Waals surface area contributed by atoms with Gasteiger partial charge in [-0.05, 0) is 51.7 Å². The van der Waals surface area contributed by atoms with E-state index in [1.165, 1.54) is 9.58 Å². The number of imide groups is 1. The van der Waals surface area contributed by atoms with Crippen molar-refractivity contribution in [1.29, 1.82) is 0 Å². The molecular weight excluding hydrogens is 416 g/mol. The van der Waals surface area contributed by atoms with Crippen LogP contribution in [0.5, 0.6) is 0 Å². The minimum Gasteiger partial charge on any atom is -0.367 e. The number of nitrogens with zero attached hydrogens (tertiary/aromatic N) is 3. The highest BCUT2D eigenvalue weighted by Gasteiger charge is 2.43. The predicted molar refractivity (Wildman–Crippen MR) is 131 cm³/mol. The third-order valence-electron chi connectivity index (χ3n) is 6.08. The summed E-state index contributed by atoms with van der Waals surface area (Å²) in [7, 11) is 0. The standard InChI is InChI=1S/C26H36N4O3/c1-8-11-19-21(25(32)30(27-19)20-13-12-17(6)14-18(20)7)22-23(28(9-2)10-3)26(33)29(24(22)31)15-16(4)5/h12-14,16,27H,8-11,15H2,1-7H3. The summed E-state index contributed by atoms with van der Waals surface area (Å²) in [5.74, 6) is -0.561. The zero-order chi connectivity index (χ0) is 24.4. The number of amides is 2. The molecule has 1 aromatic heterocycles. The van der Waals surface area contributed by atoms with Crippen molar-refractivity contribution >= 4 is 17.4 Å². The van der Waals surface area contributed by atoms with E-state index in [0.29, 0.717) is 43.0 Å². The van der Waals surface area contributed by atoms with Crippen LogP contribution in [0.3, 0.4) is 0 Å². The van der Waals surface area contributed by atoms with Crippen molar-refractivity contribution < 1.29 is 9.59 Å². The molecule has 178 valence electrons. The zero-order valence-electron chi connectivity index (χ0n) is 20.9. The van der Waals surface area contributed by atoms with Crippen LogP contribution in [-0.4, -0.2) is 51.0 Å². The maximum atomic E-state index is 13.8. The molecule has 0 saturated heterocycles. The number of hydrogen-bond acceptors (Lipinski definition) is 4. The number of carbonyl (C=O) groups excluding carboxylic acids is 2. The number of aromatic amines is 1. The molecular formula is C26H36N4O3. The molecule has 1 aromatic carbocycles. The molecule has 0 saturated carbocycles. The van der Waals surface area contributed by atoms with E-state index >= 15 is 0 Å². The van der Waals surface area contributed by atoms with Gasteiger partial charge in [0, 0.05) is 25.3 Å². The molecule has 1 aliphatic rings. The number of benzene rings is 1. The van der Waals surface area contributed by atoms with Gasteiger partial charge in [0.1, 0.15) is 5.70 Å². The van der Waals surface area contributed by atoms with E-state index in [1.54, 1.807) is 0 Å². The first-order valence-corrected chi connectivity index (χ1v) is 11.9. The lowest BCUT2D eigenvalue weighted by Gasteiger charge is -2.23. The number of aromatic nitrogens is 2. The van der Waals surface area contributed by atoms with Crippen LogP contribution in [0.25, 0.3) is 11.3 Å². The van der Waals surface area contributed by atoms with Gasteiger partial charge >= 0.3 is 0 Å². The van der Waals surface area contributed by atoms with Crippen molar-refractivity contribution in [3.8, 4) is 5.69 Å².